The molecule has 0 spiro atoms. The molecular weight excluding hydrogens is 324 g/mol. The molecule has 0 unspecified atom stereocenters. The quantitative estimate of drug-likeness (QED) is 0.799. The maximum Gasteiger partial charge on any atom is 0.215 e. The summed E-state index contributed by atoms with van der Waals surface area (Å²) >= 11 is 6.07. The summed E-state index contributed by atoms with van der Waals surface area (Å²) in [5.74, 6) is 0.0803. The highest BCUT2D eigenvalue weighted by molar-refractivity contribution is 7.89. The molecular formula is C15H23ClN2O3S. The largest absolute Gasteiger partial charge is 0.373 e. The normalized spacial score (nSPS) is 23.6. The zero-order valence-electron chi connectivity index (χ0n) is 13.0. The Hall–Kier alpha value is -0.660. The Labute approximate surface area is 137 Å². The number of rotatable bonds is 6. The number of morpholine rings is 1. The van der Waals surface area contributed by atoms with Gasteiger partial charge in [-0.05, 0) is 25.5 Å². The van der Waals surface area contributed by atoms with Gasteiger partial charge in [-0.1, -0.05) is 29.8 Å². The fourth-order valence-corrected chi connectivity index (χ4v) is 4.29. The number of sulfonamides is 1. The lowest BCUT2D eigenvalue weighted by molar-refractivity contribution is -0.0440. The van der Waals surface area contributed by atoms with Crippen molar-refractivity contribution in [2.75, 3.05) is 25.4 Å². The third-order valence-corrected chi connectivity index (χ3v) is 5.76. The van der Waals surface area contributed by atoms with Crippen LogP contribution in [0.1, 0.15) is 19.4 Å². The predicted molar refractivity (Wildman–Crippen MR) is 88.5 cm³/mol. The second-order valence-electron chi connectivity index (χ2n) is 5.66. The number of halogens is 1. The van der Waals surface area contributed by atoms with Crippen LogP contribution in [0.5, 0.6) is 0 Å². The van der Waals surface area contributed by atoms with Crippen LogP contribution in [0.3, 0.4) is 0 Å². The molecule has 1 heterocycles. The maximum atomic E-state index is 12.4. The van der Waals surface area contributed by atoms with E-state index in [2.05, 4.69) is 5.32 Å². The van der Waals surface area contributed by atoms with Crippen LogP contribution >= 0.6 is 11.6 Å². The molecule has 0 saturated carbocycles. The molecule has 1 aromatic carbocycles. The van der Waals surface area contributed by atoms with Gasteiger partial charge in [0, 0.05) is 31.2 Å². The summed E-state index contributed by atoms with van der Waals surface area (Å²) in [6, 6.07) is 7.54. The zero-order chi connectivity index (χ0) is 16.2. The summed E-state index contributed by atoms with van der Waals surface area (Å²) in [5.41, 5.74) is 0.968. The van der Waals surface area contributed by atoms with Gasteiger partial charge in [0.15, 0.2) is 0 Å². The summed E-state index contributed by atoms with van der Waals surface area (Å²) in [5, 5.41) is 3.83. The summed E-state index contributed by atoms with van der Waals surface area (Å²) in [7, 11) is -3.26. The molecule has 1 aliphatic heterocycles. The molecule has 1 aliphatic rings. The van der Waals surface area contributed by atoms with Crippen molar-refractivity contribution in [1.82, 2.24) is 9.62 Å². The first-order valence-electron chi connectivity index (χ1n) is 7.46. The number of nitrogens with one attached hydrogen (secondary N) is 1. The van der Waals surface area contributed by atoms with Crippen LogP contribution in [0.25, 0.3) is 0 Å². The van der Waals surface area contributed by atoms with Crippen molar-refractivity contribution >= 4 is 21.6 Å². The van der Waals surface area contributed by atoms with Gasteiger partial charge in [-0.25, -0.2) is 8.42 Å². The number of hydrogen-bond donors (Lipinski definition) is 1. The standard InChI is InChI=1S/C15H23ClN2O3S/c1-12-10-18(11-13(2)21-12)22(19,20)8-7-17-9-14-5-3-4-6-15(14)16/h3-6,12-13,17H,7-11H2,1-2H3/t12-,13+. The van der Waals surface area contributed by atoms with Crippen molar-refractivity contribution in [2.24, 2.45) is 0 Å². The molecule has 0 radical (unpaired) electrons. The van der Waals surface area contributed by atoms with E-state index in [0.29, 0.717) is 31.2 Å². The molecule has 2 rings (SSSR count). The molecule has 0 aliphatic carbocycles. The number of benzene rings is 1. The van der Waals surface area contributed by atoms with E-state index in [1.165, 1.54) is 4.31 Å². The highest BCUT2D eigenvalue weighted by Gasteiger charge is 2.30. The third kappa shape index (κ3) is 4.93. The van der Waals surface area contributed by atoms with Crippen molar-refractivity contribution in [3.05, 3.63) is 34.9 Å². The number of hydrogen-bond acceptors (Lipinski definition) is 4. The first-order valence-corrected chi connectivity index (χ1v) is 9.44. The molecule has 7 heteroatoms. The topological polar surface area (TPSA) is 58.6 Å². The Morgan fingerprint density at radius 1 is 1.27 bits per heavy atom. The van der Waals surface area contributed by atoms with Crippen LogP contribution in [0, 0.1) is 0 Å². The molecule has 5 nitrogen and oxygen atoms in total. The first kappa shape index (κ1) is 17.7. The van der Waals surface area contributed by atoms with Crippen molar-refractivity contribution in [3.8, 4) is 0 Å². The maximum absolute atomic E-state index is 12.4. The average Bonchev–Trinajstić information content (AvgIpc) is 2.44. The van der Waals surface area contributed by atoms with Crippen molar-refractivity contribution < 1.29 is 13.2 Å². The van der Waals surface area contributed by atoms with E-state index in [1.807, 2.05) is 38.1 Å². The van der Waals surface area contributed by atoms with Crippen LogP contribution in [0.2, 0.25) is 5.02 Å². The molecule has 22 heavy (non-hydrogen) atoms. The van der Waals surface area contributed by atoms with E-state index in [0.717, 1.165) is 5.56 Å². The van der Waals surface area contributed by atoms with Crippen molar-refractivity contribution in [1.29, 1.82) is 0 Å². The minimum absolute atomic E-state index is 0.0605. The van der Waals surface area contributed by atoms with Gasteiger partial charge in [0.05, 0.1) is 18.0 Å². The molecule has 1 N–H and O–H groups in total. The van der Waals surface area contributed by atoms with E-state index in [4.69, 9.17) is 16.3 Å². The Bertz CT molecular complexity index is 584. The lowest BCUT2D eigenvalue weighted by Gasteiger charge is -2.34. The summed E-state index contributed by atoms with van der Waals surface area (Å²) < 4.78 is 31.8. The van der Waals surface area contributed by atoms with E-state index in [9.17, 15) is 8.42 Å². The minimum atomic E-state index is -3.26. The smallest absolute Gasteiger partial charge is 0.215 e. The monoisotopic (exact) mass is 346 g/mol. The molecule has 124 valence electrons. The van der Waals surface area contributed by atoms with Crippen LogP contribution in [0.4, 0.5) is 0 Å². The van der Waals surface area contributed by atoms with Gasteiger partial charge in [-0.3, -0.25) is 0 Å². The predicted octanol–water partition coefficient (Wildman–Crippen LogP) is 1.87. The lowest BCUT2D eigenvalue weighted by Crippen LogP contribution is -2.49. The second-order valence-corrected chi connectivity index (χ2v) is 8.15. The van der Waals surface area contributed by atoms with Gasteiger partial charge in [-0.2, -0.15) is 4.31 Å². The molecule has 0 amide bonds. The first-order chi connectivity index (χ1) is 10.4. The number of ether oxygens (including phenoxy) is 1. The van der Waals surface area contributed by atoms with Crippen molar-refractivity contribution in [2.45, 2.75) is 32.6 Å². The van der Waals surface area contributed by atoms with E-state index in [-0.39, 0.29) is 18.0 Å². The summed E-state index contributed by atoms with van der Waals surface area (Å²) in [6.07, 6.45) is -0.121. The van der Waals surface area contributed by atoms with E-state index in [1.54, 1.807) is 0 Å². The Morgan fingerprint density at radius 3 is 2.55 bits per heavy atom. The van der Waals surface area contributed by atoms with Gasteiger partial charge in [0.2, 0.25) is 10.0 Å². The van der Waals surface area contributed by atoms with Gasteiger partial charge >= 0.3 is 0 Å². The molecule has 0 aromatic heterocycles. The van der Waals surface area contributed by atoms with Gasteiger partial charge in [-0.15, -0.1) is 0 Å². The fraction of sp³-hybridized carbons (Fsp3) is 0.600. The average molecular weight is 347 g/mol. The Kier molecular flexibility index (Phi) is 6.23. The summed E-state index contributed by atoms with van der Waals surface area (Å²) in [6.45, 7) is 5.61. The Morgan fingerprint density at radius 2 is 1.91 bits per heavy atom. The molecule has 1 aromatic rings. The SMILES string of the molecule is C[C@@H]1CN(S(=O)(=O)CCNCc2ccccc2Cl)C[C@H](C)O1. The van der Waals surface area contributed by atoms with E-state index >= 15 is 0 Å². The van der Waals surface area contributed by atoms with Crippen molar-refractivity contribution in [3.63, 3.8) is 0 Å². The van der Waals surface area contributed by atoms with Crippen LogP contribution in [-0.2, 0) is 21.3 Å². The molecule has 1 saturated heterocycles. The van der Waals surface area contributed by atoms with E-state index < -0.39 is 10.0 Å². The highest BCUT2D eigenvalue weighted by Crippen LogP contribution is 2.15. The molecule has 2 atom stereocenters. The van der Waals surface area contributed by atoms with Gasteiger partial charge in [0.1, 0.15) is 0 Å². The highest BCUT2D eigenvalue weighted by atomic mass is 35.5. The zero-order valence-corrected chi connectivity index (χ0v) is 14.5. The Balaban J connectivity index is 1.81. The molecule has 1 fully saturated rings. The second kappa shape index (κ2) is 7.75. The van der Waals surface area contributed by atoms with Crippen LogP contribution in [0.15, 0.2) is 24.3 Å². The van der Waals surface area contributed by atoms with Gasteiger partial charge in [0.25, 0.3) is 0 Å². The number of nitrogens with zero attached hydrogens (tertiary/aromatic N) is 1. The van der Waals surface area contributed by atoms with Crippen LogP contribution < -0.4 is 5.32 Å². The van der Waals surface area contributed by atoms with Crippen LogP contribution in [-0.4, -0.2) is 50.3 Å². The minimum Gasteiger partial charge on any atom is -0.373 e. The fourth-order valence-electron chi connectivity index (χ4n) is 2.55. The van der Waals surface area contributed by atoms with Gasteiger partial charge < -0.3 is 10.1 Å². The molecule has 0 bridgehead atoms. The summed E-state index contributed by atoms with van der Waals surface area (Å²) in [4.78, 5) is 0. The third-order valence-electron chi connectivity index (χ3n) is 3.59. The lowest BCUT2D eigenvalue weighted by atomic mass is 10.2.